The first-order chi connectivity index (χ1) is 8.95. The maximum absolute atomic E-state index is 12.0. The van der Waals surface area contributed by atoms with Crippen LogP contribution in [0.3, 0.4) is 0 Å². The maximum Gasteiger partial charge on any atom is 0.287 e. The molecule has 1 rings (SSSR count). The fraction of sp³-hybridized carbons (Fsp3) is 0.583. The molecule has 1 aromatic heterocycles. The Labute approximate surface area is 111 Å². The van der Waals surface area contributed by atoms with E-state index in [1.54, 1.807) is 7.11 Å². The van der Waals surface area contributed by atoms with Gasteiger partial charge in [-0.15, -0.1) is 0 Å². The van der Waals surface area contributed by atoms with E-state index in [1.807, 2.05) is 18.7 Å². The van der Waals surface area contributed by atoms with Crippen LogP contribution >= 0.6 is 0 Å². The molecule has 0 fully saturated rings. The van der Waals surface area contributed by atoms with Crippen LogP contribution in [0.15, 0.2) is 12.3 Å². The van der Waals surface area contributed by atoms with Crippen molar-refractivity contribution in [3.63, 3.8) is 0 Å². The fourth-order valence-corrected chi connectivity index (χ4v) is 1.65. The molecule has 0 saturated carbocycles. The summed E-state index contributed by atoms with van der Waals surface area (Å²) in [5.74, 6) is -0.169. The number of nitro groups is 1. The number of methoxy groups -OCH3 is 1. The number of nitrogens with zero attached hydrogens (tertiary/aromatic N) is 2. The molecule has 0 saturated heterocycles. The number of aromatic nitrogens is 1. The third kappa shape index (κ3) is 4.46. The predicted molar refractivity (Wildman–Crippen MR) is 70.4 cm³/mol. The number of Topliss-reactive ketones (excluding diaryl/α,β-unsaturated/α-hetero) is 1. The van der Waals surface area contributed by atoms with Crippen LogP contribution in [0.5, 0.6) is 0 Å². The van der Waals surface area contributed by atoms with Gasteiger partial charge in [-0.1, -0.05) is 0 Å². The molecule has 0 aromatic carbocycles. The number of ketones is 1. The summed E-state index contributed by atoms with van der Waals surface area (Å²) in [7, 11) is 1.61. The van der Waals surface area contributed by atoms with E-state index in [9.17, 15) is 14.9 Å². The topological polar surface area (TPSA) is 88.5 Å². The van der Waals surface area contributed by atoms with Gasteiger partial charge >= 0.3 is 0 Å². The van der Waals surface area contributed by atoms with Gasteiger partial charge in [-0.3, -0.25) is 19.8 Å². The zero-order chi connectivity index (χ0) is 14.4. The Morgan fingerprint density at radius 3 is 2.74 bits per heavy atom. The number of rotatable bonds is 8. The van der Waals surface area contributed by atoms with Gasteiger partial charge in [0, 0.05) is 25.8 Å². The largest absolute Gasteiger partial charge is 0.383 e. The van der Waals surface area contributed by atoms with Crippen molar-refractivity contribution >= 4 is 11.5 Å². The van der Waals surface area contributed by atoms with Gasteiger partial charge in [0.25, 0.3) is 5.69 Å². The molecular formula is C12H19N3O4. The van der Waals surface area contributed by atoms with Crippen molar-refractivity contribution in [1.29, 1.82) is 0 Å². The van der Waals surface area contributed by atoms with Gasteiger partial charge in [0.2, 0.25) is 0 Å². The highest BCUT2D eigenvalue weighted by atomic mass is 16.6. The molecule has 0 aliphatic carbocycles. The standard InChI is InChI=1S/C12H19N3O4/c1-9(2)14(4-5-19-3)8-12(16)11-6-10(7-13-11)15(17)18/h6-7,9,13H,4-5,8H2,1-3H3. The third-order valence-electron chi connectivity index (χ3n) is 2.84. The van der Waals surface area contributed by atoms with Crippen molar-refractivity contribution in [1.82, 2.24) is 9.88 Å². The van der Waals surface area contributed by atoms with E-state index >= 15 is 0 Å². The quantitative estimate of drug-likeness (QED) is 0.438. The average molecular weight is 269 g/mol. The second-order valence-corrected chi connectivity index (χ2v) is 4.51. The summed E-state index contributed by atoms with van der Waals surface area (Å²) in [4.78, 5) is 26.6. The van der Waals surface area contributed by atoms with E-state index < -0.39 is 4.92 Å². The highest BCUT2D eigenvalue weighted by Crippen LogP contribution is 2.13. The number of nitrogens with one attached hydrogen (secondary N) is 1. The van der Waals surface area contributed by atoms with E-state index in [-0.39, 0.29) is 29.8 Å². The molecule has 0 radical (unpaired) electrons. The Hall–Kier alpha value is -1.73. The zero-order valence-electron chi connectivity index (χ0n) is 11.4. The molecular weight excluding hydrogens is 250 g/mol. The number of carbonyl (C=O) groups excluding carboxylic acids is 1. The highest BCUT2D eigenvalue weighted by Gasteiger charge is 2.18. The third-order valence-corrected chi connectivity index (χ3v) is 2.84. The molecule has 7 nitrogen and oxygen atoms in total. The van der Waals surface area contributed by atoms with Gasteiger partial charge in [-0.2, -0.15) is 0 Å². The number of aromatic amines is 1. The van der Waals surface area contributed by atoms with Gasteiger partial charge in [0.05, 0.1) is 30.0 Å². The summed E-state index contributed by atoms with van der Waals surface area (Å²) in [6.45, 7) is 5.36. The monoisotopic (exact) mass is 269 g/mol. The molecule has 0 amide bonds. The Bertz CT molecular complexity index is 442. The maximum atomic E-state index is 12.0. The molecule has 0 unspecified atom stereocenters. The average Bonchev–Trinajstić information content (AvgIpc) is 2.83. The number of hydrogen-bond donors (Lipinski definition) is 1. The molecule has 1 N–H and O–H groups in total. The van der Waals surface area contributed by atoms with Crippen molar-refractivity contribution in [3.8, 4) is 0 Å². The number of carbonyl (C=O) groups is 1. The second kappa shape index (κ2) is 7.01. The first kappa shape index (κ1) is 15.3. The molecule has 7 heteroatoms. The first-order valence-corrected chi connectivity index (χ1v) is 6.04. The molecule has 0 aliphatic rings. The van der Waals surface area contributed by atoms with Gasteiger partial charge in [0.1, 0.15) is 0 Å². The van der Waals surface area contributed by atoms with Crippen LogP contribution in [0.2, 0.25) is 0 Å². The van der Waals surface area contributed by atoms with Crippen LogP contribution in [0.1, 0.15) is 24.3 Å². The lowest BCUT2D eigenvalue weighted by molar-refractivity contribution is -0.384. The van der Waals surface area contributed by atoms with E-state index in [1.165, 1.54) is 12.3 Å². The summed E-state index contributed by atoms with van der Waals surface area (Å²) in [5, 5.41) is 10.6. The van der Waals surface area contributed by atoms with Crippen molar-refractivity contribution < 1.29 is 14.5 Å². The minimum Gasteiger partial charge on any atom is -0.383 e. The van der Waals surface area contributed by atoms with E-state index in [4.69, 9.17) is 4.74 Å². The lowest BCUT2D eigenvalue weighted by Gasteiger charge is -2.24. The van der Waals surface area contributed by atoms with Gasteiger partial charge in [-0.25, -0.2) is 0 Å². The number of hydrogen-bond acceptors (Lipinski definition) is 5. The molecule has 1 aromatic rings. The number of ether oxygens (including phenoxy) is 1. The second-order valence-electron chi connectivity index (χ2n) is 4.51. The van der Waals surface area contributed by atoms with Crippen LogP contribution in [0.4, 0.5) is 5.69 Å². The molecule has 1 heterocycles. The lowest BCUT2D eigenvalue weighted by atomic mass is 10.2. The fourth-order valence-electron chi connectivity index (χ4n) is 1.65. The van der Waals surface area contributed by atoms with Crippen LogP contribution in [0, 0.1) is 10.1 Å². The van der Waals surface area contributed by atoms with Crippen LogP contribution in [-0.4, -0.2) is 53.4 Å². The zero-order valence-corrected chi connectivity index (χ0v) is 11.4. The Kier molecular flexibility index (Phi) is 5.65. The summed E-state index contributed by atoms with van der Waals surface area (Å²) >= 11 is 0. The minimum absolute atomic E-state index is 0.101. The van der Waals surface area contributed by atoms with Crippen LogP contribution in [0.25, 0.3) is 0 Å². The lowest BCUT2D eigenvalue weighted by Crippen LogP contribution is -2.38. The summed E-state index contributed by atoms with van der Waals surface area (Å²) in [5.41, 5.74) is 0.158. The SMILES string of the molecule is COCCN(CC(=O)c1cc([N+](=O)[O-])c[nH]1)C(C)C. The highest BCUT2D eigenvalue weighted by molar-refractivity contribution is 5.96. The Morgan fingerprint density at radius 2 is 2.26 bits per heavy atom. The van der Waals surface area contributed by atoms with Gasteiger partial charge < -0.3 is 9.72 Å². The minimum atomic E-state index is -0.529. The molecule has 106 valence electrons. The summed E-state index contributed by atoms with van der Waals surface area (Å²) < 4.78 is 5.00. The summed E-state index contributed by atoms with van der Waals surface area (Å²) in [6.07, 6.45) is 1.22. The Morgan fingerprint density at radius 1 is 1.58 bits per heavy atom. The molecule has 0 atom stereocenters. The van der Waals surface area contributed by atoms with Crippen molar-refractivity contribution in [2.24, 2.45) is 0 Å². The molecule has 19 heavy (non-hydrogen) atoms. The smallest absolute Gasteiger partial charge is 0.287 e. The van der Waals surface area contributed by atoms with Crippen LogP contribution < -0.4 is 0 Å². The van der Waals surface area contributed by atoms with Crippen molar-refractivity contribution in [2.45, 2.75) is 19.9 Å². The Balaban J connectivity index is 2.67. The predicted octanol–water partition coefficient (Wildman–Crippen LogP) is 1.46. The van der Waals surface area contributed by atoms with Crippen molar-refractivity contribution in [3.05, 3.63) is 28.1 Å². The molecule has 0 bridgehead atoms. The van der Waals surface area contributed by atoms with Gasteiger partial charge in [0.15, 0.2) is 5.78 Å². The van der Waals surface area contributed by atoms with E-state index in [0.29, 0.717) is 13.2 Å². The molecule has 0 spiro atoms. The van der Waals surface area contributed by atoms with Crippen LogP contribution in [-0.2, 0) is 4.74 Å². The molecule has 0 aliphatic heterocycles. The van der Waals surface area contributed by atoms with Gasteiger partial charge in [-0.05, 0) is 13.8 Å². The first-order valence-electron chi connectivity index (χ1n) is 6.04. The van der Waals surface area contributed by atoms with Crippen molar-refractivity contribution in [2.75, 3.05) is 26.8 Å². The number of H-pyrrole nitrogens is 1. The van der Waals surface area contributed by atoms with E-state index in [2.05, 4.69) is 4.98 Å². The normalized spacial score (nSPS) is 11.2. The summed E-state index contributed by atoms with van der Waals surface area (Å²) in [6, 6.07) is 1.46. The van der Waals surface area contributed by atoms with E-state index in [0.717, 1.165) is 0 Å².